The maximum atomic E-state index is 8.76. The van der Waals surface area contributed by atoms with E-state index in [0.29, 0.717) is 0 Å². The van der Waals surface area contributed by atoms with Crippen LogP contribution in [-0.4, -0.2) is 29.5 Å². The van der Waals surface area contributed by atoms with Gasteiger partial charge in [0.25, 0.3) is 0 Å². The number of hydrogen-bond donors (Lipinski definition) is 2. The SMILES string of the molecule is [N-]=[N+]=NCC(O)CCO. The quantitative estimate of drug-likeness (QED) is 0.320. The van der Waals surface area contributed by atoms with Crippen LogP contribution >= 0.6 is 0 Å². The lowest BCUT2D eigenvalue weighted by Gasteiger charge is -2.01. The van der Waals surface area contributed by atoms with Crippen LogP contribution in [0.15, 0.2) is 5.11 Å². The molecule has 0 aliphatic heterocycles. The van der Waals surface area contributed by atoms with Gasteiger partial charge >= 0.3 is 0 Å². The molecule has 0 heterocycles. The Morgan fingerprint density at radius 3 is 2.78 bits per heavy atom. The van der Waals surface area contributed by atoms with E-state index in [0.717, 1.165) is 0 Å². The molecule has 5 nitrogen and oxygen atoms in total. The van der Waals surface area contributed by atoms with Gasteiger partial charge in [-0.15, -0.1) is 0 Å². The van der Waals surface area contributed by atoms with E-state index < -0.39 is 6.10 Å². The first-order valence-corrected chi connectivity index (χ1v) is 2.61. The van der Waals surface area contributed by atoms with Gasteiger partial charge < -0.3 is 10.2 Å². The van der Waals surface area contributed by atoms with Crippen LogP contribution in [0.4, 0.5) is 0 Å². The molecule has 5 heteroatoms. The summed E-state index contributed by atoms with van der Waals surface area (Å²) >= 11 is 0. The number of hydrogen-bond acceptors (Lipinski definition) is 3. The van der Waals surface area contributed by atoms with Gasteiger partial charge in [0, 0.05) is 11.5 Å². The smallest absolute Gasteiger partial charge is 0.0618 e. The molecule has 52 valence electrons. The Labute approximate surface area is 52.6 Å². The third-order valence-electron chi connectivity index (χ3n) is 0.818. The minimum Gasteiger partial charge on any atom is -0.396 e. The largest absolute Gasteiger partial charge is 0.396 e. The summed E-state index contributed by atoms with van der Waals surface area (Å²) in [6, 6.07) is 0. The molecule has 0 rings (SSSR count). The van der Waals surface area contributed by atoms with Gasteiger partial charge in [0.05, 0.1) is 12.6 Å². The Balaban J connectivity index is 3.25. The molecule has 0 radical (unpaired) electrons. The highest BCUT2D eigenvalue weighted by molar-refractivity contribution is 4.57. The predicted molar refractivity (Wildman–Crippen MR) is 31.7 cm³/mol. The lowest BCUT2D eigenvalue weighted by molar-refractivity contribution is 0.139. The lowest BCUT2D eigenvalue weighted by Crippen LogP contribution is -2.11. The summed E-state index contributed by atoms with van der Waals surface area (Å²) in [7, 11) is 0. The van der Waals surface area contributed by atoms with Crippen molar-refractivity contribution in [3.8, 4) is 0 Å². The van der Waals surface area contributed by atoms with E-state index in [1.165, 1.54) is 0 Å². The molecule has 1 unspecified atom stereocenters. The van der Waals surface area contributed by atoms with Crippen molar-refractivity contribution in [1.82, 2.24) is 0 Å². The van der Waals surface area contributed by atoms with Crippen molar-refractivity contribution in [3.05, 3.63) is 10.4 Å². The van der Waals surface area contributed by atoms with E-state index in [1.807, 2.05) is 0 Å². The van der Waals surface area contributed by atoms with E-state index in [2.05, 4.69) is 10.0 Å². The Bertz CT molecular complexity index is 110. The van der Waals surface area contributed by atoms with Gasteiger partial charge in [-0.3, -0.25) is 0 Å². The summed E-state index contributed by atoms with van der Waals surface area (Å²) in [5, 5.41) is 20.1. The summed E-state index contributed by atoms with van der Waals surface area (Å²) in [4.78, 5) is 2.44. The van der Waals surface area contributed by atoms with Crippen LogP contribution in [0.1, 0.15) is 6.42 Å². The molecule has 0 aliphatic rings. The van der Waals surface area contributed by atoms with Gasteiger partial charge in [-0.2, -0.15) is 0 Å². The van der Waals surface area contributed by atoms with Crippen molar-refractivity contribution in [3.63, 3.8) is 0 Å². The summed E-state index contributed by atoms with van der Waals surface area (Å²) in [6.45, 7) is -0.0425. The number of azide groups is 1. The van der Waals surface area contributed by atoms with Gasteiger partial charge in [0.1, 0.15) is 0 Å². The van der Waals surface area contributed by atoms with Gasteiger partial charge in [0.15, 0.2) is 0 Å². The molecule has 0 saturated heterocycles. The average Bonchev–Trinajstić information content (AvgIpc) is 1.85. The van der Waals surface area contributed by atoms with Gasteiger partial charge in [-0.25, -0.2) is 0 Å². The zero-order valence-corrected chi connectivity index (χ0v) is 4.93. The molecule has 0 aromatic rings. The number of nitrogens with zero attached hydrogens (tertiary/aromatic N) is 3. The Kier molecular flexibility index (Phi) is 4.91. The predicted octanol–water partition coefficient (Wildman–Crippen LogP) is 0.0400. The van der Waals surface area contributed by atoms with Crippen molar-refractivity contribution in [2.24, 2.45) is 5.11 Å². The van der Waals surface area contributed by atoms with Crippen molar-refractivity contribution < 1.29 is 10.2 Å². The summed E-state index contributed by atoms with van der Waals surface area (Å²) in [5.74, 6) is 0. The van der Waals surface area contributed by atoms with Crippen LogP contribution in [0.2, 0.25) is 0 Å². The summed E-state index contributed by atoms with van der Waals surface area (Å²) in [5.41, 5.74) is 7.77. The van der Waals surface area contributed by atoms with E-state index in [9.17, 15) is 0 Å². The molecule has 0 aromatic heterocycles. The van der Waals surface area contributed by atoms with Crippen molar-refractivity contribution in [2.75, 3.05) is 13.2 Å². The Hall–Kier alpha value is -0.770. The fourth-order valence-electron chi connectivity index (χ4n) is 0.371. The first kappa shape index (κ1) is 8.23. The molecule has 0 bridgehead atoms. The molecule has 0 amide bonds. The van der Waals surface area contributed by atoms with Crippen molar-refractivity contribution in [2.45, 2.75) is 12.5 Å². The minimum absolute atomic E-state index is 0.0388. The van der Waals surface area contributed by atoms with Gasteiger partial charge in [0.2, 0.25) is 0 Å². The highest BCUT2D eigenvalue weighted by Crippen LogP contribution is 1.89. The van der Waals surface area contributed by atoms with E-state index in [-0.39, 0.29) is 19.6 Å². The second-order valence-electron chi connectivity index (χ2n) is 1.58. The number of aliphatic hydroxyl groups excluding tert-OH is 2. The van der Waals surface area contributed by atoms with Crippen LogP contribution < -0.4 is 0 Å². The molecule has 2 N–H and O–H groups in total. The van der Waals surface area contributed by atoms with Crippen LogP contribution in [0, 0.1) is 0 Å². The molecular weight excluding hydrogens is 122 g/mol. The molecule has 0 fully saturated rings. The molecule has 9 heavy (non-hydrogen) atoms. The fraction of sp³-hybridized carbons (Fsp3) is 1.00. The van der Waals surface area contributed by atoms with Crippen molar-refractivity contribution in [1.29, 1.82) is 0 Å². The highest BCUT2D eigenvalue weighted by Gasteiger charge is 1.98. The molecule has 1 atom stereocenters. The molecule has 0 aromatic carbocycles. The fourth-order valence-corrected chi connectivity index (χ4v) is 0.371. The summed E-state index contributed by atoms with van der Waals surface area (Å²) in [6.07, 6.45) is -0.440. The minimum atomic E-state index is -0.703. The van der Waals surface area contributed by atoms with E-state index >= 15 is 0 Å². The van der Waals surface area contributed by atoms with E-state index in [4.69, 9.17) is 15.7 Å². The lowest BCUT2D eigenvalue weighted by atomic mass is 10.3. The third-order valence-corrected chi connectivity index (χ3v) is 0.818. The number of rotatable bonds is 4. The second kappa shape index (κ2) is 5.37. The third kappa shape index (κ3) is 5.10. The zero-order chi connectivity index (χ0) is 7.11. The maximum absolute atomic E-state index is 8.76. The van der Waals surface area contributed by atoms with Crippen LogP contribution in [0.25, 0.3) is 10.4 Å². The van der Waals surface area contributed by atoms with Gasteiger partial charge in [-0.05, 0) is 12.0 Å². The first-order chi connectivity index (χ1) is 4.31. The molecule has 0 spiro atoms. The van der Waals surface area contributed by atoms with Gasteiger partial charge in [-0.1, -0.05) is 5.11 Å². The maximum Gasteiger partial charge on any atom is 0.0618 e. The van der Waals surface area contributed by atoms with Crippen LogP contribution in [-0.2, 0) is 0 Å². The van der Waals surface area contributed by atoms with E-state index in [1.54, 1.807) is 0 Å². The second-order valence-corrected chi connectivity index (χ2v) is 1.58. The standard InChI is InChI=1S/C4H9N3O2/c5-7-6-3-4(9)1-2-8/h4,8-9H,1-3H2. The Morgan fingerprint density at radius 2 is 2.33 bits per heavy atom. The number of aliphatic hydroxyl groups is 2. The monoisotopic (exact) mass is 131 g/mol. The zero-order valence-electron chi connectivity index (χ0n) is 4.93. The van der Waals surface area contributed by atoms with Crippen LogP contribution in [0.3, 0.4) is 0 Å². The molecule has 0 saturated carbocycles. The normalized spacial score (nSPS) is 12.2. The summed E-state index contributed by atoms with van der Waals surface area (Å²) < 4.78 is 0. The first-order valence-electron chi connectivity index (χ1n) is 2.61. The van der Waals surface area contributed by atoms with Crippen molar-refractivity contribution >= 4 is 0 Å². The molecular formula is C4H9N3O2. The van der Waals surface area contributed by atoms with Crippen LogP contribution in [0.5, 0.6) is 0 Å². The Morgan fingerprint density at radius 1 is 1.67 bits per heavy atom. The highest BCUT2D eigenvalue weighted by atomic mass is 16.3. The molecule has 0 aliphatic carbocycles. The average molecular weight is 131 g/mol. The topological polar surface area (TPSA) is 89.2 Å².